The van der Waals surface area contributed by atoms with Gasteiger partial charge in [0.05, 0.1) is 4.92 Å². The third-order valence-corrected chi connectivity index (χ3v) is 5.52. The fourth-order valence-corrected chi connectivity index (χ4v) is 3.93. The van der Waals surface area contributed by atoms with Crippen LogP contribution in [-0.2, 0) is 11.2 Å². The molecule has 1 saturated heterocycles. The molecule has 8 nitrogen and oxygen atoms in total. The maximum Gasteiger partial charge on any atom is 0.294 e. The molecule has 1 N–H and O–H groups in total. The molecule has 2 aromatic carbocycles. The SMILES string of the molecule is O=C1CCc2cc(C(=O)N3CCN(c4ccc(Cl)cc4[N+](=O)[O-])CC3)ccc2N1. The van der Waals surface area contributed by atoms with Crippen molar-refractivity contribution in [2.45, 2.75) is 12.8 Å². The van der Waals surface area contributed by atoms with E-state index in [0.717, 1.165) is 11.3 Å². The summed E-state index contributed by atoms with van der Waals surface area (Å²) in [6.07, 6.45) is 1.04. The van der Waals surface area contributed by atoms with Crippen LogP contribution in [0.25, 0.3) is 0 Å². The molecule has 0 unspecified atom stereocenters. The van der Waals surface area contributed by atoms with Gasteiger partial charge in [-0.2, -0.15) is 0 Å². The first kappa shape index (κ1) is 19.2. The number of hydrogen-bond donors (Lipinski definition) is 1. The van der Waals surface area contributed by atoms with Crippen molar-refractivity contribution in [1.82, 2.24) is 4.90 Å². The van der Waals surface area contributed by atoms with Crippen LogP contribution in [0, 0.1) is 10.1 Å². The van der Waals surface area contributed by atoms with Gasteiger partial charge in [-0.25, -0.2) is 0 Å². The number of fused-ring (bicyclic) bond motifs is 1. The van der Waals surface area contributed by atoms with E-state index in [0.29, 0.717) is 55.3 Å². The standard InChI is InChI=1S/C20H19ClN4O4/c21-15-3-5-17(18(12-15)25(28)29)23-7-9-24(10-8-23)20(27)14-1-4-16-13(11-14)2-6-19(26)22-16/h1,3-5,11-12H,2,6-10H2,(H,22,26). The minimum Gasteiger partial charge on any atom is -0.362 e. The van der Waals surface area contributed by atoms with Gasteiger partial charge in [0, 0.05) is 54.9 Å². The number of nitrogens with one attached hydrogen (secondary N) is 1. The predicted molar refractivity (Wildman–Crippen MR) is 110 cm³/mol. The molecule has 0 saturated carbocycles. The Kier molecular flexibility index (Phi) is 5.10. The number of amides is 2. The normalized spacial score (nSPS) is 16.2. The highest BCUT2D eigenvalue weighted by Gasteiger charge is 2.27. The zero-order valence-electron chi connectivity index (χ0n) is 15.6. The highest BCUT2D eigenvalue weighted by Crippen LogP contribution is 2.32. The second-order valence-electron chi connectivity index (χ2n) is 7.09. The second-order valence-corrected chi connectivity index (χ2v) is 7.53. The van der Waals surface area contributed by atoms with Crippen molar-refractivity contribution in [2.75, 3.05) is 36.4 Å². The maximum atomic E-state index is 12.9. The number of hydrogen-bond acceptors (Lipinski definition) is 5. The monoisotopic (exact) mass is 414 g/mol. The van der Waals surface area contributed by atoms with E-state index in [9.17, 15) is 19.7 Å². The number of nitro groups is 1. The summed E-state index contributed by atoms with van der Waals surface area (Å²) >= 11 is 5.89. The first-order chi connectivity index (χ1) is 13.9. The van der Waals surface area contributed by atoms with E-state index in [1.54, 1.807) is 29.2 Å². The van der Waals surface area contributed by atoms with Crippen LogP contribution in [0.15, 0.2) is 36.4 Å². The number of benzene rings is 2. The van der Waals surface area contributed by atoms with Crippen LogP contribution in [-0.4, -0.2) is 47.8 Å². The smallest absolute Gasteiger partial charge is 0.294 e. The van der Waals surface area contributed by atoms with Gasteiger partial charge in [-0.05, 0) is 42.3 Å². The van der Waals surface area contributed by atoms with Gasteiger partial charge in [-0.1, -0.05) is 11.6 Å². The van der Waals surface area contributed by atoms with Crippen LogP contribution in [0.2, 0.25) is 5.02 Å². The molecule has 0 radical (unpaired) electrons. The molecule has 4 rings (SSSR count). The second kappa shape index (κ2) is 7.71. The molecule has 2 heterocycles. The van der Waals surface area contributed by atoms with Crippen molar-refractivity contribution >= 4 is 40.5 Å². The van der Waals surface area contributed by atoms with Crippen molar-refractivity contribution in [3.8, 4) is 0 Å². The summed E-state index contributed by atoms with van der Waals surface area (Å²) < 4.78 is 0. The summed E-state index contributed by atoms with van der Waals surface area (Å²) in [6.45, 7) is 1.92. The third kappa shape index (κ3) is 3.88. The zero-order valence-corrected chi connectivity index (χ0v) is 16.3. The van der Waals surface area contributed by atoms with Gasteiger partial charge in [0.25, 0.3) is 11.6 Å². The fraction of sp³-hybridized carbons (Fsp3) is 0.300. The number of halogens is 1. The molecule has 9 heteroatoms. The van der Waals surface area contributed by atoms with Crippen molar-refractivity contribution in [3.05, 3.63) is 62.7 Å². The number of carbonyl (C=O) groups is 2. The summed E-state index contributed by atoms with van der Waals surface area (Å²) in [5, 5.41) is 14.5. The van der Waals surface area contributed by atoms with E-state index < -0.39 is 4.92 Å². The van der Waals surface area contributed by atoms with E-state index in [1.807, 2.05) is 11.0 Å². The van der Waals surface area contributed by atoms with Crippen LogP contribution in [0.3, 0.4) is 0 Å². The van der Waals surface area contributed by atoms with Gasteiger partial charge in [0.2, 0.25) is 5.91 Å². The average molecular weight is 415 g/mol. The molecule has 0 bridgehead atoms. The van der Waals surface area contributed by atoms with E-state index in [1.165, 1.54) is 6.07 Å². The molecule has 2 amide bonds. The van der Waals surface area contributed by atoms with Crippen LogP contribution in [0.1, 0.15) is 22.3 Å². The van der Waals surface area contributed by atoms with Crippen molar-refractivity contribution < 1.29 is 14.5 Å². The lowest BCUT2D eigenvalue weighted by Crippen LogP contribution is -2.49. The quantitative estimate of drug-likeness (QED) is 0.615. The van der Waals surface area contributed by atoms with Crippen molar-refractivity contribution in [2.24, 2.45) is 0 Å². The minimum atomic E-state index is -0.440. The van der Waals surface area contributed by atoms with Crippen LogP contribution in [0.4, 0.5) is 17.1 Å². The average Bonchev–Trinajstić information content (AvgIpc) is 2.73. The Morgan fingerprint density at radius 1 is 1.07 bits per heavy atom. The van der Waals surface area contributed by atoms with E-state index in [4.69, 9.17) is 11.6 Å². The highest BCUT2D eigenvalue weighted by atomic mass is 35.5. The Morgan fingerprint density at radius 2 is 1.83 bits per heavy atom. The van der Waals surface area contributed by atoms with Gasteiger partial charge in [-0.3, -0.25) is 19.7 Å². The van der Waals surface area contributed by atoms with E-state index >= 15 is 0 Å². The summed E-state index contributed by atoms with van der Waals surface area (Å²) in [6, 6.07) is 9.97. The lowest BCUT2D eigenvalue weighted by Gasteiger charge is -2.36. The number of anilines is 2. The maximum absolute atomic E-state index is 12.9. The lowest BCUT2D eigenvalue weighted by molar-refractivity contribution is -0.384. The summed E-state index contributed by atoms with van der Waals surface area (Å²) in [4.78, 5) is 38.9. The van der Waals surface area contributed by atoms with Gasteiger partial charge < -0.3 is 15.1 Å². The largest absolute Gasteiger partial charge is 0.362 e. The Bertz CT molecular complexity index is 1000. The van der Waals surface area contributed by atoms with Crippen molar-refractivity contribution in [1.29, 1.82) is 0 Å². The Hall–Kier alpha value is -3.13. The molecule has 0 spiro atoms. The number of carbonyl (C=O) groups excluding carboxylic acids is 2. The van der Waals surface area contributed by atoms with Crippen LogP contribution < -0.4 is 10.2 Å². The number of aryl methyl sites for hydroxylation is 1. The Labute approximate surface area is 172 Å². The first-order valence-electron chi connectivity index (χ1n) is 9.33. The number of piperazine rings is 1. The molecular weight excluding hydrogens is 396 g/mol. The number of nitro benzene ring substituents is 1. The Balaban J connectivity index is 1.46. The van der Waals surface area contributed by atoms with Gasteiger partial charge in [-0.15, -0.1) is 0 Å². The molecule has 29 heavy (non-hydrogen) atoms. The summed E-state index contributed by atoms with van der Waals surface area (Å²) in [5.41, 5.74) is 2.79. The molecule has 150 valence electrons. The molecule has 0 atom stereocenters. The number of rotatable bonds is 3. The third-order valence-electron chi connectivity index (χ3n) is 5.29. The molecule has 1 fully saturated rings. The molecule has 2 aromatic rings. The van der Waals surface area contributed by atoms with Gasteiger partial charge >= 0.3 is 0 Å². The van der Waals surface area contributed by atoms with Crippen LogP contribution >= 0.6 is 11.6 Å². The van der Waals surface area contributed by atoms with E-state index in [-0.39, 0.29) is 17.5 Å². The minimum absolute atomic E-state index is 0.0102. The van der Waals surface area contributed by atoms with Gasteiger partial charge in [0.15, 0.2) is 0 Å². The first-order valence-corrected chi connectivity index (χ1v) is 9.71. The molecule has 0 aromatic heterocycles. The predicted octanol–water partition coefficient (Wildman–Crippen LogP) is 3.10. The summed E-state index contributed by atoms with van der Waals surface area (Å²) in [5.74, 6) is -0.0843. The molecule has 2 aliphatic rings. The summed E-state index contributed by atoms with van der Waals surface area (Å²) in [7, 11) is 0. The Morgan fingerprint density at radius 3 is 2.55 bits per heavy atom. The van der Waals surface area contributed by atoms with Crippen LogP contribution in [0.5, 0.6) is 0 Å². The molecule has 0 aliphatic carbocycles. The zero-order chi connectivity index (χ0) is 20.5. The van der Waals surface area contributed by atoms with E-state index in [2.05, 4.69) is 5.32 Å². The molecule has 2 aliphatic heterocycles. The molecular formula is C20H19ClN4O4. The number of nitrogens with zero attached hydrogens (tertiary/aromatic N) is 3. The van der Waals surface area contributed by atoms with Crippen molar-refractivity contribution in [3.63, 3.8) is 0 Å². The topological polar surface area (TPSA) is 95.8 Å². The lowest BCUT2D eigenvalue weighted by atomic mass is 10.00. The fourth-order valence-electron chi connectivity index (χ4n) is 3.76. The highest BCUT2D eigenvalue weighted by molar-refractivity contribution is 6.30. The van der Waals surface area contributed by atoms with Gasteiger partial charge in [0.1, 0.15) is 5.69 Å².